The van der Waals surface area contributed by atoms with Gasteiger partial charge in [-0.2, -0.15) is 0 Å². The Hall–Kier alpha value is -1.57. The maximum absolute atomic E-state index is 11.8. The standard InChI is InChI=1S/C13H15NO/c1-10-4-6-11(7-5-10)13(15)9-12-3-2-8-14-12/h4-7,9,14H,2-3,8H2,1H3/b12-9-. The zero-order valence-electron chi connectivity index (χ0n) is 8.92. The van der Waals surface area contributed by atoms with Crippen LogP contribution in [0.25, 0.3) is 0 Å². The molecule has 2 rings (SSSR count). The van der Waals surface area contributed by atoms with Gasteiger partial charge in [-0.25, -0.2) is 0 Å². The van der Waals surface area contributed by atoms with Crippen molar-refractivity contribution in [3.05, 3.63) is 47.2 Å². The third-order valence-electron chi connectivity index (χ3n) is 2.62. The summed E-state index contributed by atoms with van der Waals surface area (Å²) in [6, 6.07) is 7.69. The number of carbonyl (C=O) groups excluding carboxylic acids is 1. The molecular weight excluding hydrogens is 186 g/mol. The fraction of sp³-hybridized carbons (Fsp3) is 0.308. The van der Waals surface area contributed by atoms with Crippen molar-refractivity contribution in [2.75, 3.05) is 6.54 Å². The zero-order valence-corrected chi connectivity index (χ0v) is 8.92. The molecule has 0 amide bonds. The van der Waals surface area contributed by atoms with Crippen molar-refractivity contribution in [2.24, 2.45) is 0 Å². The lowest BCUT2D eigenvalue weighted by atomic mass is 10.1. The van der Waals surface area contributed by atoms with Gasteiger partial charge in [0.15, 0.2) is 5.78 Å². The number of hydrogen-bond acceptors (Lipinski definition) is 2. The number of rotatable bonds is 2. The highest BCUT2D eigenvalue weighted by Gasteiger charge is 2.08. The highest BCUT2D eigenvalue weighted by atomic mass is 16.1. The second kappa shape index (κ2) is 4.30. The van der Waals surface area contributed by atoms with Crippen LogP contribution in [0.1, 0.15) is 28.8 Å². The third-order valence-corrected chi connectivity index (χ3v) is 2.62. The molecule has 0 atom stereocenters. The summed E-state index contributed by atoms with van der Waals surface area (Å²) in [5, 5.41) is 3.21. The first-order valence-electron chi connectivity index (χ1n) is 5.31. The van der Waals surface area contributed by atoms with Gasteiger partial charge in [0, 0.05) is 23.9 Å². The first kappa shape index (κ1) is 9.97. The Kier molecular flexibility index (Phi) is 2.86. The smallest absolute Gasteiger partial charge is 0.187 e. The van der Waals surface area contributed by atoms with Crippen LogP contribution in [0.4, 0.5) is 0 Å². The SMILES string of the molecule is Cc1ccc(C(=O)/C=C2/CCCN2)cc1. The average Bonchev–Trinajstić information content (AvgIpc) is 2.71. The largest absolute Gasteiger partial charge is 0.388 e. The predicted octanol–water partition coefficient (Wildman–Crippen LogP) is 2.45. The van der Waals surface area contributed by atoms with E-state index in [2.05, 4.69) is 5.32 Å². The van der Waals surface area contributed by atoms with Crippen molar-refractivity contribution in [3.63, 3.8) is 0 Å². The Morgan fingerprint density at radius 1 is 1.33 bits per heavy atom. The second-order valence-electron chi connectivity index (χ2n) is 3.93. The van der Waals surface area contributed by atoms with Gasteiger partial charge < -0.3 is 5.32 Å². The lowest BCUT2D eigenvalue weighted by Gasteiger charge is -1.99. The number of carbonyl (C=O) groups is 1. The molecule has 1 saturated heterocycles. The summed E-state index contributed by atoms with van der Waals surface area (Å²) < 4.78 is 0. The maximum atomic E-state index is 11.8. The molecule has 78 valence electrons. The topological polar surface area (TPSA) is 29.1 Å². The summed E-state index contributed by atoms with van der Waals surface area (Å²) in [4.78, 5) is 11.8. The van der Waals surface area contributed by atoms with Gasteiger partial charge in [-0.1, -0.05) is 29.8 Å². The minimum absolute atomic E-state index is 0.0967. The van der Waals surface area contributed by atoms with Crippen LogP contribution in [0.5, 0.6) is 0 Å². The molecule has 1 fully saturated rings. The van der Waals surface area contributed by atoms with E-state index in [0.717, 1.165) is 30.6 Å². The van der Waals surface area contributed by atoms with Crippen molar-refractivity contribution in [2.45, 2.75) is 19.8 Å². The molecule has 0 aromatic heterocycles. The van der Waals surface area contributed by atoms with Gasteiger partial charge in [-0.15, -0.1) is 0 Å². The summed E-state index contributed by atoms with van der Waals surface area (Å²) in [6.45, 7) is 3.01. The van der Waals surface area contributed by atoms with Crippen molar-refractivity contribution < 1.29 is 4.79 Å². The molecule has 2 heteroatoms. The van der Waals surface area contributed by atoms with Crippen LogP contribution < -0.4 is 5.32 Å². The molecule has 1 N–H and O–H groups in total. The average molecular weight is 201 g/mol. The monoisotopic (exact) mass is 201 g/mol. The molecule has 15 heavy (non-hydrogen) atoms. The fourth-order valence-corrected chi connectivity index (χ4v) is 1.70. The summed E-state index contributed by atoms with van der Waals surface area (Å²) in [7, 11) is 0. The molecule has 0 spiro atoms. The third kappa shape index (κ3) is 2.46. The number of nitrogens with one attached hydrogen (secondary N) is 1. The second-order valence-corrected chi connectivity index (χ2v) is 3.93. The first-order chi connectivity index (χ1) is 7.25. The van der Waals surface area contributed by atoms with Gasteiger partial charge in [-0.3, -0.25) is 4.79 Å². The Morgan fingerprint density at radius 2 is 2.07 bits per heavy atom. The molecular formula is C13H15NO. The predicted molar refractivity (Wildman–Crippen MR) is 60.8 cm³/mol. The van der Waals surface area contributed by atoms with E-state index in [4.69, 9.17) is 0 Å². The summed E-state index contributed by atoms with van der Waals surface area (Å²) in [5.74, 6) is 0.0967. The minimum atomic E-state index is 0.0967. The highest BCUT2D eigenvalue weighted by molar-refractivity contribution is 6.04. The van der Waals surface area contributed by atoms with Crippen molar-refractivity contribution >= 4 is 5.78 Å². The van der Waals surface area contributed by atoms with Crippen LogP contribution in [0, 0.1) is 6.92 Å². The number of aryl methyl sites for hydroxylation is 1. The molecule has 0 unspecified atom stereocenters. The highest BCUT2D eigenvalue weighted by Crippen LogP contribution is 2.11. The van der Waals surface area contributed by atoms with E-state index >= 15 is 0 Å². The Labute approximate surface area is 90.0 Å². The summed E-state index contributed by atoms with van der Waals surface area (Å²) in [6.07, 6.45) is 3.85. The van der Waals surface area contributed by atoms with Crippen LogP contribution in [-0.4, -0.2) is 12.3 Å². The van der Waals surface area contributed by atoms with E-state index in [1.165, 1.54) is 5.56 Å². The Bertz CT molecular complexity index is 382. The van der Waals surface area contributed by atoms with E-state index in [0.29, 0.717) is 0 Å². The normalized spacial score (nSPS) is 17.8. The van der Waals surface area contributed by atoms with Crippen LogP contribution in [-0.2, 0) is 0 Å². The Balaban J connectivity index is 2.14. The van der Waals surface area contributed by atoms with E-state index in [1.54, 1.807) is 6.08 Å². The lowest BCUT2D eigenvalue weighted by molar-refractivity contribution is 0.104. The van der Waals surface area contributed by atoms with Crippen LogP contribution in [0.3, 0.4) is 0 Å². The number of hydrogen-bond donors (Lipinski definition) is 1. The van der Waals surface area contributed by atoms with Gasteiger partial charge >= 0.3 is 0 Å². The van der Waals surface area contributed by atoms with Crippen LogP contribution in [0.2, 0.25) is 0 Å². The van der Waals surface area contributed by atoms with Gasteiger partial charge in [0.1, 0.15) is 0 Å². The summed E-state index contributed by atoms with van der Waals surface area (Å²) >= 11 is 0. The minimum Gasteiger partial charge on any atom is -0.388 e. The molecule has 0 aliphatic carbocycles. The van der Waals surface area contributed by atoms with Crippen molar-refractivity contribution in [1.29, 1.82) is 0 Å². The molecule has 0 saturated carbocycles. The molecule has 0 radical (unpaired) electrons. The fourth-order valence-electron chi connectivity index (χ4n) is 1.70. The first-order valence-corrected chi connectivity index (χ1v) is 5.31. The molecule has 1 aromatic carbocycles. The van der Waals surface area contributed by atoms with Gasteiger partial charge in [0.25, 0.3) is 0 Å². The molecule has 1 heterocycles. The zero-order chi connectivity index (χ0) is 10.7. The maximum Gasteiger partial charge on any atom is 0.187 e. The van der Waals surface area contributed by atoms with Crippen LogP contribution in [0.15, 0.2) is 36.0 Å². The van der Waals surface area contributed by atoms with E-state index in [-0.39, 0.29) is 5.78 Å². The molecule has 1 aliphatic rings. The van der Waals surface area contributed by atoms with Crippen molar-refractivity contribution in [3.8, 4) is 0 Å². The van der Waals surface area contributed by atoms with Crippen LogP contribution >= 0.6 is 0 Å². The molecule has 1 aromatic rings. The summed E-state index contributed by atoms with van der Waals surface area (Å²) in [5.41, 5.74) is 3.01. The Morgan fingerprint density at radius 3 is 2.67 bits per heavy atom. The van der Waals surface area contributed by atoms with Gasteiger partial charge in [-0.05, 0) is 19.8 Å². The van der Waals surface area contributed by atoms with E-state index < -0.39 is 0 Å². The molecule has 0 bridgehead atoms. The molecule has 1 aliphatic heterocycles. The van der Waals surface area contributed by atoms with Gasteiger partial charge in [0.2, 0.25) is 0 Å². The van der Waals surface area contributed by atoms with Gasteiger partial charge in [0.05, 0.1) is 0 Å². The van der Waals surface area contributed by atoms with Crippen molar-refractivity contribution in [1.82, 2.24) is 5.32 Å². The number of benzene rings is 1. The number of allylic oxidation sites excluding steroid dienone is 2. The van der Waals surface area contributed by atoms with E-state index in [9.17, 15) is 4.79 Å². The lowest BCUT2D eigenvalue weighted by Crippen LogP contribution is -2.06. The molecule has 2 nitrogen and oxygen atoms in total. The van der Waals surface area contributed by atoms with E-state index in [1.807, 2.05) is 31.2 Å². The quantitative estimate of drug-likeness (QED) is 0.588. The number of ketones is 1.